The van der Waals surface area contributed by atoms with Crippen LogP contribution in [0.2, 0.25) is 0 Å². The van der Waals surface area contributed by atoms with Crippen LogP contribution in [0.4, 0.5) is 0 Å². The molecule has 0 radical (unpaired) electrons. The van der Waals surface area contributed by atoms with Gasteiger partial charge < -0.3 is 9.47 Å². The molecule has 0 aromatic heterocycles. The third-order valence-corrected chi connectivity index (χ3v) is 6.35. The van der Waals surface area contributed by atoms with Gasteiger partial charge in [-0.1, -0.05) is 59.1 Å². The van der Waals surface area contributed by atoms with Crippen LogP contribution in [-0.2, 0) is 9.59 Å². The molecule has 0 N–H and O–H groups in total. The van der Waals surface area contributed by atoms with Crippen LogP contribution < -0.4 is 9.47 Å². The number of carbonyl (C=O) groups is 2. The summed E-state index contributed by atoms with van der Waals surface area (Å²) in [6.45, 7) is 6.81. The monoisotopic (exact) mass is 522 g/mol. The summed E-state index contributed by atoms with van der Waals surface area (Å²) < 4.78 is 10.9. The number of hydrogen-bond acceptors (Lipinski definition) is 4. The van der Waals surface area contributed by atoms with Crippen molar-refractivity contribution in [1.82, 2.24) is 0 Å². The van der Waals surface area contributed by atoms with Crippen LogP contribution in [0.3, 0.4) is 0 Å². The molecule has 0 saturated heterocycles. The van der Waals surface area contributed by atoms with Gasteiger partial charge in [0.1, 0.15) is 11.5 Å². The Hall–Kier alpha value is -5.32. The minimum atomic E-state index is -0.405. The van der Waals surface area contributed by atoms with Gasteiger partial charge in [0, 0.05) is 46.9 Å². The molecule has 0 atom stereocenters. The molecule has 0 saturated carbocycles. The van der Waals surface area contributed by atoms with Crippen LogP contribution in [0.1, 0.15) is 47.2 Å². The lowest BCUT2D eigenvalue weighted by Crippen LogP contribution is -2.02. The molecule has 5 aromatic rings. The van der Waals surface area contributed by atoms with Gasteiger partial charge in [0.2, 0.25) is 0 Å². The molecule has 0 heterocycles. The minimum absolute atomic E-state index is 0.405. The maximum absolute atomic E-state index is 11.7. The third-order valence-electron chi connectivity index (χ3n) is 6.35. The van der Waals surface area contributed by atoms with Crippen LogP contribution >= 0.6 is 0 Å². The molecule has 40 heavy (non-hydrogen) atoms. The van der Waals surface area contributed by atoms with E-state index < -0.39 is 11.9 Å². The standard InChI is InChI=1S/C36H26O4/c1-23-5-9-27(10-6-23)13-17-31-33-19-15-30(40-26(4)38)22-36(33)32(18-14-28-11-7-24(2)8-12-28)34-20-16-29(21-35(31)34)39-25(3)37/h5-12,15-16,19-22H,1-4H3. The third kappa shape index (κ3) is 5.88. The van der Waals surface area contributed by atoms with Gasteiger partial charge in [0.05, 0.1) is 0 Å². The van der Waals surface area contributed by atoms with Crippen LogP contribution in [0.5, 0.6) is 11.5 Å². The van der Waals surface area contributed by atoms with Crippen molar-refractivity contribution in [1.29, 1.82) is 0 Å². The molecule has 0 amide bonds. The molecule has 194 valence electrons. The van der Waals surface area contributed by atoms with Gasteiger partial charge in [-0.3, -0.25) is 9.59 Å². The van der Waals surface area contributed by atoms with E-state index in [2.05, 4.69) is 23.7 Å². The lowest BCUT2D eigenvalue weighted by molar-refractivity contribution is -0.132. The van der Waals surface area contributed by atoms with Crippen molar-refractivity contribution in [3.8, 4) is 35.2 Å². The van der Waals surface area contributed by atoms with Gasteiger partial charge in [0.15, 0.2) is 0 Å². The first-order valence-electron chi connectivity index (χ1n) is 12.8. The number of fused-ring (bicyclic) bond motifs is 2. The van der Waals surface area contributed by atoms with Gasteiger partial charge in [-0.25, -0.2) is 0 Å². The SMILES string of the molecule is CC(=O)Oc1ccc2c(C#Cc3ccc(C)cc3)c3cc(OC(C)=O)ccc3c(C#Cc3ccc(C)cc3)c2c1. The number of rotatable bonds is 2. The second kappa shape index (κ2) is 11.2. The summed E-state index contributed by atoms with van der Waals surface area (Å²) in [5, 5.41) is 3.30. The summed E-state index contributed by atoms with van der Waals surface area (Å²) >= 11 is 0. The van der Waals surface area contributed by atoms with Gasteiger partial charge in [-0.2, -0.15) is 0 Å². The van der Waals surface area contributed by atoms with E-state index in [1.54, 1.807) is 12.1 Å². The molecule has 0 unspecified atom stereocenters. The van der Waals surface area contributed by atoms with Crippen molar-refractivity contribution < 1.29 is 19.1 Å². The largest absolute Gasteiger partial charge is 0.427 e. The number of esters is 2. The summed E-state index contributed by atoms with van der Waals surface area (Å²) in [7, 11) is 0. The van der Waals surface area contributed by atoms with E-state index in [0.29, 0.717) is 11.5 Å². The van der Waals surface area contributed by atoms with E-state index in [1.165, 1.54) is 13.8 Å². The van der Waals surface area contributed by atoms with Gasteiger partial charge >= 0.3 is 11.9 Å². The van der Waals surface area contributed by atoms with Crippen molar-refractivity contribution >= 4 is 33.5 Å². The second-order valence-electron chi connectivity index (χ2n) is 9.58. The normalized spacial score (nSPS) is 10.3. The Kier molecular flexibility index (Phi) is 7.36. The highest BCUT2D eigenvalue weighted by Crippen LogP contribution is 2.36. The zero-order chi connectivity index (χ0) is 28.2. The molecule has 0 aliphatic heterocycles. The average Bonchev–Trinajstić information content (AvgIpc) is 2.92. The predicted octanol–water partition coefficient (Wildman–Crippen LogP) is 7.26. The molecule has 0 fully saturated rings. The number of benzene rings is 5. The maximum Gasteiger partial charge on any atom is 0.308 e. The first-order chi connectivity index (χ1) is 19.3. The van der Waals surface area contributed by atoms with Crippen molar-refractivity contribution in [2.75, 3.05) is 0 Å². The molecule has 5 aromatic carbocycles. The summed E-state index contributed by atoms with van der Waals surface area (Å²) in [4.78, 5) is 23.5. The van der Waals surface area contributed by atoms with E-state index in [1.807, 2.05) is 86.6 Å². The van der Waals surface area contributed by atoms with Crippen molar-refractivity contribution in [2.45, 2.75) is 27.7 Å². The lowest BCUT2D eigenvalue weighted by atomic mass is 9.91. The molecular weight excluding hydrogens is 496 g/mol. The van der Waals surface area contributed by atoms with Crippen molar-refractivity contribution in [2.24, 2.45) is 0 Å². The number of hydrogen-bond donors (Lipinski definition) is 0. The molecule has 4 heteroatoms. The molecule has 0 spiro atoms. The number of aryl methyl sites for hydroxylation is 2. The minimum Gasteiger partial charge on any atom is -0.427 e. The van der Waals surface area contributed by atoms with Crippen molar-refractivity contribution in [3.05, 3.63) is 118 Å². The zero-order valence-electron chi connectivity index (χ0n) is 22.7. The Morgan fingerprint density at radius 2 is 0.875 bits per heavy atom. The quantitative estimate of drug-likeness (QED) is 0.106. The smallest absolute Gasteiger partial charge is 0.308 e. The summed E-state index contributed by atoms with van der Waals surface area (Å²) in [6.07, 6.45) is 0. The van der Waals surface area contributed by atoms with Crippen molar-refractivity contribution in [3.63, 3.8) is 0 Å². The van der Waals surface area contributed by atoms with Gasteiger partial charge in [-0.05, 0) is 85.3 Å². The first kappa shape index (κ1) is 26.3. The Morgan fingerprint density at radius 1 is 0.500 bits per heavy atom. The van der Waals surface area contributed by atoms with E-state index in [4.69, 9.17) is 9.47 Å². The molecule has 0 bridgehead atoms. The van der Waals surface area contributed by atoms with Crippen LogP contribution in [0.15, 0.2) is 84.9 Å². The van der Waals surface area contributed by atoms with E-state index in [0.717, 1.165) is 54.9 Å². The lowest BCUT2D eigenvalue weighted by Gasteiger charge is -2.13. The van der Waals surface area contributed by atoms with Gasteiger partial charge in [0.25, 0.3) is 0 Å². The Morgan fingerprint density at radius 3 is 1.23 bits per heavy atom. The fraction of sp³-hybridized carbons (Fsp3) is 0.111. The van der Waals surface area contributed by atoms with E-state index in [9.17, 15) is 9.59 Å². The summed E-state index contributed by atoms with van der Waals surface area (Å²) in [6, 6.07) is 27.0. The molecule has 0 aliphatic carbocycles. The first-order valence-corrected chi connectivity index (χ1v) is 12.8. The van der Waals surface area contributed by atoms with Crippen LogP contribution in [-0.4, -0.2) is 11.9 Å². The average molecular weight is 523 g/mol. The predicted molar refractivity (Wildman–Crippen MR) is 158 cm³/mol. The van der Waals surface area contributed by atoms with E-state index in [-0.39, 0.29) is 0 Å². The highest BCUT2D eigenvalue weighted by Gasteiger charge is 2.15. The van der Waals surface area contributed by atoms with Crippen LogP contribution in [0.25, 0.3) is 21.5 Å². The molecular formula is C36H26O4. The topological polar surface area (TPSA) is 52.6 Å². The van der Waals surface area contributed by atoms with Crippen LogP contribution in [0, 0.1) is 37.5 Å². The fourth-order valence-corrected chi connectivity index (χ4v) is 4.46. The second-order valence-corrected chi connectivity index (χ2v) is 9.58. The molecule has 0 aliphatic rings. The zero-order valence-corrected chi connectivity index (χ0v) is 22.7. The Balaban J connectivity index is 1.83. The summed E-state index contributed by atoms with van der Waals surface area (Å²) in [5.41, 5.74) is 5.58. The molecule has 4 nitrogen and oxygen atoms in total. The fourth-order valence-electron chi connectivity index (χ4n) is 4.46. The Labute approximate surface area is 233 Å². The van der Waals surface area contributed by atoms with E-state index >= 15 is 0 Å². The Bertz CT molecular complexity index is 1760. The number of ether oxygens (including phenoxy) is 2. The maximum atomic E-state index is 11.7. The molecule has 5 rings (SSSR count). The highest BCUT2D eigenvalue weighted by molar-refractivity contribution is 6.10. The number of carbonyl (C=O) groups excluding carboxylic acids is 2. The highest BCUT2D eigenvalue weighted by atomic mass is 16.5. The van der Waals surface area contributed by atoms with Gasteiger partial charge in [-0.15, -0.1) is 0 Å². The summed E-state index contributed by atoms with van der Waals surface area (Å²) in [5.74, 6) is 13.3.